The Morgan fingerprint density at radius 3 is 1.33 bits per heavy atom. The van der Waals surface area contributed by atoms with Gasteiger partial charge in [-0.05, 0) is 0 Å². The molecule has 1 fully saturated rings. The molecule has 0 aromatic heterocycles. The van der Waals surface area contributed by atoms with Crippen LogP contribution in [-0.2, 0) is 9.53 Å². The highest BCUT2D eigenvalue weighted by molar-refractivity contribution is 5.81. The Hall–Kier alpha value is -1.98. The van der Waals surface area contributed by atoms with Crippen LogP contribution in [0.25, 0.3) is 0 Å². The van der Waals surface area contributed by atoms with Crippen molar-refractivity contribution in [2.75, 3.05) is 6.61 Å². The quantitative estimate of drug-likeness (QED) is 0.243. The summed E-state index contributed by atoms with van der Waals surface area (Å²) in [5, 5.41) is 0. The molecule has 0 heterocycles. The molecule has 19 heteroatoms. The van der Waals surface area contributed by atoms with Crippen LogP contribution in [0.15, 0.2) is 12.7 Å². The number of hydrogen-bond donors (Lipinski definition) is 0. The highest BCUT2D eigenvalue weighted by atomic mass is 19.4. The molecule has 0 saturated heterocycles. The fourth-order valence-corrected chi connectivity index (χ4v) is 2.76. The summed E-state index contributed by atoms with van der Waals surface area (Å²) in [5.74, 6) is -50.6. The number of halogens is 17. The van der Waals surface area contributed by atoms with Gasteiger partial charge in [0.05, 0.1) is 13.0 Å². The van der Waals surface area contributed by atoms with Crippen LogP contribution in [0.2, 0.25) is 0 Å². The Morgan fingerprint density at radius 2 is 1.03 bits per heavy atom. The Bertz CT molecular complexity index is 768. The third-order valence-electron chi connectivity index (χ3n) is 4.63. The predicted octanol–water partition coefficient (Wildman–Crippen LogP) is 5.91. The van der Waals surface area contributed by atoms with Crippen LogP contribution < -0.4 is 0 Å². The molecule has 0 aromatic carbocycles. The fourth-order valence-electron chi connectivity index (χ4n) is 2.76. The molecule has 0 aliphatic heterocycles. The minimum absolute atomic E-state index is 0.162. The van der Waals surface area contributed by atoms with Gasteiger partial charge in [-0.1, -0.05) is 6.58 Å². The van der Waals surface area contributed by atoms with Crippen molar-refractivity contribution in [1.29, 1.82) is 0 Å². The van der Waals surface area contributed by atoms with E-state index in [2.05, 4.69) is 11.3 Å². The summed E-state index contributed by atoms with van der Waals surface area (Å²) in [5.41, 5.74) is -16.9. The summed E-state index contributed by atoms with van der Waals surface area (Å²) >= 11 is 0. The molecule has 1 rings (SSSR count). The molecule has 0 unspecified atom stereocenters. The maximum absolute atomic E-state index is 14.4. The monoisotopic (exact) mass is 530 g/mol. The van der Waals surface area contributed by atoms with E-state index in [1.54, 1.807) is 0 Å². The highest BCUT2D eigenvalue weighted by Crippen LogP contribution is 2.75. The molecule has 1 saturated carbocycles. The Labute approximate surface area is 170 Å². The predicted molar refractivity (Wildman–Crippen MR) is 69.2 cm³/mol. The van der Waals surface area contributed by atoms with E-state index in [1.165, 1.54) is 0 Å². The van der Waals surface area contributed by atoms with E-state index in [1.807, 2.05) is 0 Å². The van der Waals surface area contributed by atoms with Crippen LogP contribution in [0.4, 0.5) is 74.6 Å². The number of rotatable bonds is 6. The summed E-state index contributed by atoms with van der Waals surface area (Å²) in [6, 6.07) is 0. The number of alkyl halides is 17. The number of carbonyl (C=O) groups excluding carboxylic acids is 1. The zero-order valence-corrected chi connectivity index (χ0v) is 14.9. The van der Waals surface area contributed by atoms with Gasteiger partial charge < -0.3 is 4.74 Å². The summed E-state index contributed by atoms with van der Waals surface area (Å²) in [6.07, 6.45) is -10.9. The first-order valence-electron chi connectivity index (χ1n) is 7.71. The van der Waals surface area contributed by atoms with Crippen molar-refractivity contribution in [3.63, 3.8) is 0 Å². The molecule has 0 atom stereocenters. The first-order chi connectivity index (χ1) is 14.2. The minimum atomic E-state index is -8.54. The summed E-state index contributed by atoms with van der Waals surface area (Å²) in [7, 11) is 0. The van der Waals surface area contributed by atoms with Gasteiger partial charge in [0.15, 0.2) is 0 Å². The zero-order valence-electron chi connectivity index (χ0n) is 14.9. The van der Waals surface area contributed by atoms with Crippen molar-refractivity contribution < 1.29 is 84.2 Å². The second-order valence-corrected chi connectivity index (χ2v) is 6.51. The van der Waals surface area contributed by atoms with Crippen molar-refractivity contribution in [3.8, 4) is 0 Å². The van der Waals surface area contributed by atoms with Gasteiger partial charge in [-0.15, -0.1) is 0 Å². The molecule has 0 radical (unpaired) electrons. The average molecular weight is 530 g/mol. The van der Waals surface area contributed by atoms with E-state index >= 15 is 0 Å². The van der Waals surface area contributed by atoms with Crippen LogP contribution in [0.5, 0.6) is 0 Å². The standard InChI is InChI=1S/C14H7F17O2/c1-2-5(32)33-4-3-6(15,16)9(19,20)7(17)10(21,22)12(25,26)8(18,14(29,30)31)13(27,28)11(7,23)24/h2H,1,3-4H2. The van der Waals surface area contributed by atoms with Crippen molar-refractivity contribution >= 4 is 5.97 Å². The van der Waals surface area contributed by atoms with Crippen LogP contribution in [-0.4, -0.2) is 65.6 Å². The topological polar surface area (TPSA) is 26.3 Å². The molecule has 1 aliphatic rings. The van der Waals surface area contributed by atoms with E-state index in [4.69, 9.17) is 0 Å². The van der Waals surface area contributed by atoms with Gasteiger partial charge in [-0.25, -0.2) is 13.6 Å². The third-order valence-corrected chi connectivity index (χ3v) is 4.63. The summed E-state index contributed by atoms with van der Waals surface area (Å²) in [6.45, 7) is 0.555. The molecule has 194 valence electrons. The zero-order chi connectivity index (χ0) is 26.9. The third kappa shape index (κ3) is 3.04. The lowest BCUT2D eigenvalue weighted by Gasteiger charge is -2.57. The van der Waals surface area contributed by atoms with E-state index in [-0.39, 0.29) is 6.08 Å². The van der Waals surface area contributed by atoms with Gasteiger partial charge >= 0.3 is 59.0 Å². The molecule has 1 aliphatic carbocycles. The van der Waals surface area contributed by atoms with E-state index in [9.17, 15) is 79.4 Å². The summed E-state index contributed by atoms with van der Waals surface area (Å²) < 4.78 is 235. The lowest BCUT2D eigenvalue weighted by Crippen LogP contribution is -2.91. The Morgan fingerprint density at radius 1 is 0.697 bits per heavy atom. The maximum atomic E-state index is 14.4. The van der Waals surface area contributed by atoms with E-state index < -0.39 is 72.0 Å². The van der Waals surface area contributed by atoms with E-state index in [0.717, 1.165) is 0 Å². The smallest absolute Gasteiger partial charge is 0.435 e. The van der Waals surface area contributed by atoms with Crippen molar-refractivity contribution in [2.45, 2.75) is 59.5 Å². The SMILES string of the molecule is C=CC(=O)OCCC(F)(F)C(F)(F)C1(F)C(F)(F)C(F)(F)C(F)(C(F)(F)F)C(F)(F)C1(F)F. The van der Waals surface area contributed by atoms with Crippen LogP contribution in [0.1, 0.15) is 6.42 Å². The van der Waals surface area contributed by atoms with Crippen LogP contribution in [0, 0.1) is 0 Å². The molecule has 0 bridgehead atoms. The molecule has 2 nitrogen and oxygen atoms in total. The molecular weight excluding hydrogens is 523 g/mol. The van der Waals surface area contributed by atoms with Gasteiger partial charge in [0.1, 0.15) is 0 Å². The lowest BCUT2D eigenvalue weighted by atomic mass is 9.63. The lowest BCUT2D eigenvalue weighted by molar-refractivity contribution is -0.523. The number of ether oxygens (including phenoxy) is 1. The second kappa shape index (κ2) is 7.26. The average Bonchev–Trinajstić information content (AvgIpc) is 2.63. The van der Waals surface area contributed by atoms with Gasteiger partial charge in [-0.2, -0.15) is 65.9 Å². The van der Waals surface area contributed by atoms with Gasteiger partial charge in [0.2, 0.25) is 0 Å². The Balaban J connectivity index is 3.89. The van der Waals surface area contributed by atoms with Crippen molar-refractivity contribution in [3.05, 3.63) is 12.7 Å². The minimum Gasteiger partial charge on any atom is -0.462 e. The number of hydrogen-bond acceptors (Lipinski definition) is 2. The molecule has 0 aromatic rings. The van der Waals surface area contributed by atoms with Gasteiger partial charge in [0, 0.05) is 6.08 Å². The molecule has 33 heavy (non-hydrogen) atoms. The first-order valence-corrected chi connectivity index (χ1v) is 7.71. The fraction of sp³-hybridized carbons (Fsp3) is 0.786. The molecule has 0 N–H and O–H groups in total. The van der Waals surface area contributed by atoms with Crippen LogP contribution >= 0.6 is 0 Å². The van der Waals surface area contributed by atoms with Crippen LogP contribution in [0.3, 0.4) is 0 Å². The molecular formula is C14H7F17O2. The largest absolute Gasteiger partial charge is 0.462 e. The van der Waals surface area contributed by atoms with Gasteiger partial charge in [0.25, 0.3) is 0 Å². The summed E-state index contributed by atoms with van der Waals surface area (Å²) in [4.78, 5) is 10.6. The number of carbonyl (C=O) groups is 1. The maximum Gasteiger partial charge on any atom is 0.435 e. The normalized spacial score (nSPS) is 31.1. The first kappa shape index (κ1) is 29.1. The van der Waals surface area contributed by atoms with Crippen molar-refractivity contribution in [2.24, 2.45) is 0 Å². The molecule has 0 amide bonds. The highest BCUT2D eigenvalue weighted by Gasteiger charge is 3.09. The molecule has 0 spiro atoms. The second-order valence-electron chi connectivity index (χ2n) is 6.51. The van der Waals surface area contributed by atoms with Crippen molar-refractivity contribution in [1.82, 2.24) is 0 Å². The Kier molecular flexibility index (Phi) is 6.39. The van der Waals surface area contributed by atoms with E-state index in [0.29, 0.717) is 0 Å². The van der Waals surface area contributed by atoms with Gasteiger partial charge in [-0.3, -0.25) is 0 Å². The number of esters is 1.